The number of nitrogens with zero attached hydrogens (tertiary/aromatic N) is 1. The third-order valence-corrected chi connectivity index (χ3v) is 2.07. The van der Waals surface area contributed by atoms with Crippen molar-refractivity contribution in [3.63, 3.8) is 0 Å². The van der Waals surface area contributed by atoms with Crippen molar-refractivity contribution in [1.82, 2.24) is 4.98 Å². The van der Waals surface area contributed by atoms with Gasteiger partial charge in [0, 0.05) is 5.38 Å². The molecule has 1 heterocycles. The molecule has 0 aliphatic carbocycles. The van der Waals surface area contributed by atoms with Gasteiger partial charge in [-0.15, -0.1) is 11.3 Å². The van der Waals surface area contributed by atoms with Gasteiger partial charge in [0.15, 0.2) is 0 Å². The predicted octanol–water partition coefficient (Wildman–Crippen LogP) is 1.85. The lowest BCUT2D eigenvalue weighted by Crippen LogP contribution is -1.83. The van der Waals surface area contributed by atoms with Crippen molar-refractivity contribution in [1.29, 1.82) is 0 Å². The monoisotopic (exact) mass is 169 g/mol. The van der Waals surface area contributed by atoms with E-state index in [4.69, 9.17) is 5.11 Å². The highest BCUT2D eigenvalue weighted by Gasteiger charge is 1.93. The molecule has 0 aliphatic rings. The van der Waals surface area contributed by atoms with Crippen LogP contribution in [0.5, 0.6) is 0 Å². The zero-order chi connectivity index (χ0) is 8.27. The van der Waals surface area contributed by atoms with E-state index < -0.39 is 0 Å². The molecule has 0 radical (unpaired) electrons. The number of thiazole rings is 1. The molecule has 1 N–H and O–H groups in total. The quantitative estimate of drug-likeness (QED) is 0.733. The van der Waals surface area contributed by atoms with Crippen molar-refractivity contribution >= 4 is 17.4 Å². The molecule has 2 nitrogen and oxygen atoms in total. The van der Waals surface area contributed by atoms with Crippen LogP contribution in [-0.4, -0.2) is 16.7 Å². The van der Waals surface area contributed by atoms with Gasteiger partial charge in [0.25, 0.3) is 0 Å². The Kier molecular flexibility index (Phi) is 2.79. The van der Waals surface area contributed by atoms with Crippen LogP contribution < -0.4 is 0 Å². The Bertz CT molecular complexity index is 265. The van der Waals surface area contributed by atoms with Gasteiger partial charge >= 0.3 is 0 Å². The van der Waals surface area contributed by atoms with Crippen LogP contribution in [0.25, 0.3) is 6.08 Å². The number of aromatic nitrogens is 1. The number of hydrogen-bond acceptors (Lipinski definition) is 3. The molecular formula is C8H11NOS. The van der Waals surface area contributed by atoms with Crippen molar-refractivity contribution in [2.75, 3.05) is 6.61 Å². The first-order valence-corrected chi connectivity index (χ1v) is 4.30. The van der Waals surface area contributed by atoms with Crippen LogP contribution in [0.3, 0.4) is 0 Å². The maximum Gasteiger partial charge on any atom is 0.0901 e. The van der Waals surface area contributed by atoms with Crippen molar-refractivity contribution in [2.24, 2.45) is 0 Å². The summed E-state index contributed by atoms with van der Waals surface area (Å²) < 4.78 is 0. The molecule has 1 aromatic rings. The van der Waals surface area contributed by atoms with Gasteiger partial charge in [0.2, 0.25) is 0 Å². The SMILES string of the molecule is CC(=Cc1csc(C)n1)CO. The molecule has 0 fully saturated rings. The molecule has 1 aromatic heterocycles. The fraction of sp³-hybridized carbons (Fsp3) is 0.375. The van der Waals surface area contributed by atoms with E-state index >= 15 is 0 Å². The van der Waals surface area contributed by atoms with Gasteiger partial charge in [-0.2, -0.15) is 0 Å². The molecule has 60 valence electrons. The summed E-state index contributed by atoms with van der Waals surface area (Å²) in [7, 11) is 0. The van der Waals surface area contributed by atoms with E-state index in [1.54, 1.807) is 11.3 Å². The number of aliphatic hydroxyl groups is 1. The summed E-state index contributed by atoms with van der Waals surface area (Å²) in [6.45, 7) is 3.96. The smallest absolute Gasteiger partial charge is 0.0901 e. The van der Waals surface area contributed by atoms with Crippen LogP contribution in [0.1, 0.15) is 17.6 Å². The Morgan fingerprint density at radius 1 is 1.82 bits per heavy atom. The Morgan fingerprint density at radius 3 is 3.00 bits per heavy atom. The van der Waals surface area contributed by atoms with E-state index in [2.05, 4.69) is 4.98 Å². The van der Waals surface area contributed by atoms with Crippen LogP contribution in [0.4, 0.5) is 0 Å². The van der Waals surface area contributed by atoms with Crippen molar-refractivity contribution in [2.45, 2.75) is 13.8 Å². The first-order valence-electron chi connectivity index (χ1n) is 3.42. The number of aliphatic hydroxyl groups excluding tert-OH is 1. The van der Waals surface area contributed by atoms with Gasteiger partial charge in [-0.25, -0.2) is 4.98 Å². The maximum atomic E-state index is 8.71. The summed E-state index contributed by atoms with van der Waals surface area (Å²) in [6, 6.07) is 0. The van der Waals surface area contributed by atoms with Gasteiger partial charge in [0.1, 0.15) is 0 Å². The third kappa shape index (κ3) is 2.44. The lowest BCUT2D eigenvalue weighted by molar-refractivity contribution is 0.332. The molecule has 0 unspecified atom stereocenters. The second-order valence-corrected chi connectivity index (χ2v) is 3.50. The molecule has 0 atom stereocenters. The molecule has 0 saturated carbocycles. The normalized spacial score (nSPS) is 12.1. The summed E-state index contributed by atoms with van der Waals surface area (Å²) in [5.74, 6) is 0. The molecule has 0 spiro atoms. The average Bonchev–Trinajstić information content (AvgIpc) is 2.35. The lowest BCUT2D eigenvalue weighted by atomic mass is 10.3. The number of rotatable bonds is 2. The molecule has 11 heavy (non-hydrogen) atoms. The van der Waals surface area contributed by atoms with Crippen molar-refractivity contribution in [3.05, 3.63) is 21.7 Å². The summed E-state index contributed by atoms with van der Waals surface area (Å²) in [6.07, 6.45) is 1.89. The van der Waals surface area contributed by atoms with Gasteiger partial charge in [0.05, 0.1) is 17.3 Å². The van der Waals surface area contributed by atoms with Gasteiger partial charge < -0.3 is 5.11 Å². The van der Waals surface area contributed by atoms with Crippen LogP contribution in [0.15, 0.2) is 11.0 Å². The summed E-state index contributed by atoms with van der Waals surface area (Å²) in [5.41, 5.74) is 1.88. The van der Waals surface area contributed by atoms with Gasteiger partial charge in [-0.05, 0) is 25.5 Å². The lowest BCUT2D eigenvalue weighted by Gasteiger charge is -1.90. The standard InChI is InChI=1S/C8H11NOS/c1-6(4-10)3-8-5-11-7(2)9-8/h3,5,10H,4H2,1-2H3. The van der Waals surface area contributed by atoms with Crippen molar-refractivity contribution in [3.8, 4) is 0 Å². The topological polar surface area (TPSA) is 33.1 Å². The van der Waals surface area contributed by atoms with Crippen LogP contribution in [-0.2, 0) is 0 Å². The van der Waals surface area contributed by atoms with Gasteiger partial charge in [-0.3, -0.25) is 0 Å². The molecule has 3 heteroatoms. The first kappa shape index (κ1) is 8.43. The van der Waals surface area contributed by atoms with Crippen molar-refractivity contribution < 1.29 is 5.11 Å². The molecule has 0 bridgehead atoms. The Hall–Kier alpha value is -0.670. The van der Waals surface area contributed by atoms with E-state index in [1.807, 2.05) is 25.3 Å². The van der Waals surface area contributed by atoms with Crippen LogP contribution >= 0.6 is 11.3 Å². The number of aryl methyl sites for hydroxylation is 1. The second-order valence-electron chi connectivity index (χ2n) is 2.44. The first-order chi connectivity index (χ1) is 5.22. The minimum Gasteiger partial charge on any atom is -0.392 e. The summed E-state index contributed by atoms with van der Waals surface area (Å²) >= 11 is 1.62. The summed E-state index contributed by atoms with van der Waals surface area (Å²) in [5, 5.41) is 11.7. The Labute approximate surface area is 70.2 Å². The van der Waals surface area contributed by atoms with Gasteiger partial charge in [-0.1, -0.05) is 0 Å². The molecular weight excluding hydrogens is 158 g/mol. The van der Waals surface area contributed by atoms with Crippen LogP contribution in [0.2, 0.25) is 0 Å². The van der Waals surface area contributed by atoms with E-state index in [-0.39, 0.29) is 6.61 Å². The predicted molar refractivity (Wildman–Crippen MR) is 47.6 cm³/mol. The zero-order valence-corrected chi connectivity index (χ0v) is 7.48. The fourth-order valence-corrected chi connectivity index (χ4v) is 1.31. The maximum absolute atomic E-state index is 8.71. The van der Waals surface area contributed by atoms with Crippen LogP contribution in [0, 0.1) is 6.92 Å². The Balaban J connectivity index is 2.78. The zero-order valence-electron chi connectivity index (χ0n) is 6.66. The third-order valence-electron chi connectivity index (χ3n) is 1.28. The fourth-order valence-electron chi connectivity index (χ4n) is 0.745. The number of hydrogen-bond donors (Lipinski definition) is 1. The molecule has 0 saturated heterocycles. The van der Waals surface area contributed by atoms with E-state index in [1.165, 1.54) is 0 Å². The largest absolute Gasteiger partial charge is 0.392 e. The Morgan fingerprint density at radius 2 is 2.55 bits per heavy atom. The summed E-state index contributed by atoms with van der Waals surface area (Å²) in [4.78, 5) is 4.23. The highest BCUT2D eigenvalue weighted by Crippen LogP contribution is 2.10. The molecule has 0 amide bonds. The second kappa shape index (κ2) is 3.64. The minimum absolute atomic E-state index is 0.108. The van der Waals surface area contributed by atoms with E-state index in [9.17, 15) is 0 Å². The minimum atomic E-state index is 0.108. The average molecular weight is 169 g/mol. The van der Waals surface area contributed by atoms with E-state index in [0.29, 0.717) is 0 Å². The molecule has 0 aromatic carbocycles. The highest BCUT2D eigenvalue weighted by atomic mass is 32.1. The highest BCUT2D eigenvalue weighted by molar-refractivity contribution is 7.09. The van der Waals surface area contributed by atoms with E-state index in [0.717, 1.165) is 16.3 Å². The molecule has 0 aliphatic heterocycles. The molecule has 1 rings (SSSR count).